The van der Waals surface area contributed by atoms with Crippen LogP contribution in [-0.4, -0.2) is 32.6 Å². The molecule has 9 heteroatoms. The number of ether oxygens (including phenoxy) is 2. The molecule has 0 unspecified atom stereocenters. The molecule has 164 valence electrons. The van der Waals surface area contributed by atoms with E-state index in [1.54, 1.807) is 50.6 Å². The predicted octanol–water partition coefficient (Wildman–Crippen LogP) is 4.50. The highest BCUT2D eigenvalue weighted by Crippen LogP contribution is 2.33. The number of methoxy groups -OCH3 is 2. The Hall–Kier alpha value is -3.85. The summed E-state index contributed by atoms with van der Waals surface area (Å²) in [5, 5.41) is 3.17. The standard InChI is InChI=1S/C23H22N4O4S/c1-15-9-12-21(31-3)20(13-15)26-22-23(27-32(28,29)17-7-5-4-6-8-17)24-18-11-10-16(30-2)14-19(18)25-22/h4-14H,1-3H3,(H,24,27)(H,25,26). The Morgan fingerprint density at radius 3 is 2.28 bits per heavy atom. The van der Waals surface area contributed by atoms with Gasteiger partial charge in [0.05, 0.1) is 35.8 Å². The van der Waals surface area contributed by atoms with Crippen LogP contribution in [0, 0.1) is 6.92 Å². The molecule has 0 aliphatic rings. The highest BCUT2D eigenvalue weighted by Gasteiger charge is 2.20. The van der Waals surface area contributed by atoms with Crippen LogP contribution in [0.5, 0.6) is 11.5 Å². The number of fused-ring (bicyclic) bond motifs is 1. The van der Waals surface area contributed by atoms with Gasteiger partial charge in [-0.1, -0.05) is 24.3 Å². The Labute approximate surface area is 186 Å². The number of anilines is 3. The first-order valence-electron chi connectivity index (χ1n) is 9.75. The third-order valence-corrected chi connectivity index (χ3v) is 6.12. The van der Waals surface area contributed by atoms with Gasteiger partial charge in [-0.3, -0.25) is 4.72 Å². The normalized spacial score (nSPS) is 11.2. The van der Waals surface area contributed by atoms with Crippen molar-refractivity contribution in [1.29, 1.82) is 0 Å². The number of benzene rings is 3. The largest absolute Gasteiger partial charge is 0.497 e. The minimum Gasteiger partial charge on any atom is -0.497 e. The number of hydrogen-bond donors (Lipinski definition) is 2. The van der Waals surface area contributed by atoms with E-state index in [0.29, 0.717) is 28.2 Å². The number of nitrogens with zero attached hydrogens (tertiary/aromatic N) is 2. The lowest BCUT2D eigenvalue weighted by Gasteiger charge is -2.16. The van der Waals surface area contributed by atoms with Gasteiger partial charge in [0.2, 0.25) is 0 Å². The third-order valence-electron chi connectivity index (χ3n) is 4.76. The highest BCUT2D eigenvalue weighted by molar-refractivity contribution is 7.92. The zero-order valence-corrected chi connectivity index (χ0v) is 18.6. The molecule has 8 nitrogen and oxygen atoms in total. The summed E-state index contributed by atoms with van der Waals surface area (Å²) in [6.07, 6.45) is 0. The fourth-order valence-corrected chi connectivity index (χ4v) is 4.18. The second-order valence-electron chi connectivity index (χ2n) is 7.02. The van der Waals surface area contributed by atoms with Crippen molar-refractivity contribution in [2.24, 2.45) is 0 Å². The molecule has 1 heterocycles. The Kier molecular flexibility index (Phi) is 5.83. The molecule has 0 saturated heterocycles. The molecule has 0 spiro atoms. The molecule has 32 heavy (non-hydrogen) atoms. The maximum absolute atomic E-state index is 13.0. The topological polar surface area (TPSA) is 102 Å². The summed E-state index contributed by atoms with van der Waals surface area (Å²) in [5.74, 6) is 1.49. The second kappa shape index (κ2) is 8.72. The van der Waals surface area contributed by atoms with Crippen molar-refractivity contribution in [3.8, 4) is 11.5 Å². The minimum atomic E-state index is -3.88. The van der Waals surface area contributed by atoms with Crippen LogP contribution in [0.2, 0.25) is 0 Å². The number of nitrogens with one attached hydrogen (secondary N) is 2. The number of sulfonamides is 1. The van der Waals surface area contributed by atoms with E-state index >= 15 is 0 Å². The average Bonchev–Trinajstić information content (AvgIpc) is 2.79. The van der Waals surface area contributed by atoms with Gasteiger partial charge in [0.1, 0.15) is 11.5 Å². The van der Waals surface area contributed by atoms with Crippen LogP contribution in [0.25, 0.3) is 11.0 Å². The van der Waals surface area contributed by atoms with Crippen LogP contribution < -0.4 is 19.5 Å². The summed E-state index contributed by atoms with van der Waals surface area (Å²) < 4.78 is 39.2. The third kappa shape index (κ3) is 4.42. The summed E-state index contributed by atoms with van der Waals surface area (Å²) >= 11 is 0. The van der Waals surface area contributed by atoms with Crippen LogP contribution in [0.1, 0.15) is 5.56 Å². The number of rotatable bonds is 7. The van der Waals surface area contributed by atoms with Gasteiger partial charge in [-0.2, -0.15) is 0 Å². The Morgan fingerprint density at radius 2 is 1.56 bits per heavy atom. The average molecular weight is 451 g/mol. The first kappa shape index (κ1) is 21.4. The van der Waals surface area contributed by atoms with E-state index in [1.807, 2.05) is 25.1 Å². The first-order chi connectivity index (χ1) is 15.4. The van der Waals surface area contributed by atoms with Crippen molar-refractivity contribution in [2.45, 2.75) is 11.8 Å². The smallest absolute Gasteiger partial charge is 0.263 e. The summed E-state index contributed by atoms with van der Waals surface area (Å²) in [5.41, 5.74) is 2.68. The van der Waals surface area contributed by atoms with Gasteiger partial charge in [-0.25, -0.2) is 18.4 Å². The molecule has 0 saturated carbocycles. The zero-order chi connectivity index (χ0) is 22.7. The molecule has 1 aromatic heterocycles. The van der Waals surface area contributed by atoms with Crippen molar-refractivity contribution in [3.63, 3.8) is 0 Å². The van der Waals surface area contributed by atoms with Crippen LogP contribution in [0.4, 0.5) is 17.3 Å². The molecule has 3 aromatic carbocycles. The van der Waals surface area contributed by atoms with Gasteiger partial charge < -0.3 is 14.8 Å². The molecule has 0 atom stereocenters. The van der Waals surface area contributed by atoms with Gasteiger partial charge in [-0.05, 0) is 48.9 Å². The number of hydrogen-bond acceptors (Lipinski definition) is 7. The predicted molar refractivity (Wildman–Crippen MR) is 124 cm³/mol. The molecule has 0 amide bonds. The summed E-state index contributed by atoms with van der Waals surface area (Å²) in [6, 6.07) is 18.9. The molecule has 0 aliphatic carbocycles. The molecule has 0 bridgehead atoms. The number of aromatic nitrogens is 2. The van der Waals surface area contributed by atoms with E-state index in [4.69, 9.17) is 9.47 Å². The lowest BCUT2D eigenvalue weighted by molar-refractivity contribution is 0.415. The molecule has 4 rings (SSSR count). The summed E-state index contributed by atoms with van der Waals surface area (Å²) in [4.78, 5) is 9.27. The van der Waals surface area contributed by atoms with E-state index in [0.717, 1.165) is 5.56 Å². The number of aryl methyl sites for hydroxylation is 1. The fourth-order valence-electron chi connectivity index (χ4n) is 3.15. The molecular weight excluding hydrogens is 428 g/mol. The monoisotopic (exact) mass is 450 g/mol. The first-order valence-corrected chi connectivity index (χ1v) is 11.2. The van der Waals surface area contributed by atoms with E-state index in [-0.39, 0.29) is 16.5 Å². The zero-order valence-electron chi connectivity index (χ0n) is 17.8. The fraction of sp³-hybridized carbons (Fsp3) is 0.130. The maximum atomic E-state index is 13.0. The van der Waals surface area contributed by atoms with E-state index in [9.17, 15) is 8.42 Å². The molecular formula is C23H22N4O4S. The molecule has 4 aromatic rings. The minimum absolute atomic E-state index is 0.0649. The highest BCUT2D eigenvalue weighted by atomic mass is 32.2. The van der Waals surface area contributed by atoms with Gasteiger partial charge in [0, 0.05) is 6.07 Å². The van der Waals surface area contributed by atoms with Gasteiger partial charge in [-0.15, -0.1) is 0 Å². The van der Waals surface area contributed by atoms with Crippen LogP contribution in [0.15, 0.2) is 71.6 Å². The molecule has 0 fully saturated rings. The lowest BCUT2D eigenvalue weighted by Crippen LogP contribution is -2.16. The Morgan fingerprint density at radius 1 is 0.812 bits per heavy atom. The van der Waals surface area contributed by atoms with Gasteiger partial charge in [0.15, 0.2) is 11.6 Å². The van der Waals surface area contributed by atoms with Crippen LogP contribution in [0.3, 0.4) is 0 Å². The van der Waals surface area contributed by atoms with Gasteiger partial charge >= 0.3 is 0 Å². The quantitative estimate of drug-likeness (QED) is 0.427. The van der Waals surface area contributed by atoms with E-state index in [1.165, 1.54) is 12.1 Å². The Bertz CT molecular complexity index is 1380. The van der Waals surface area contributed by atoms with Crippen LogP contribution >= 0.6 is 0 Å². The molecule has 0 radical (unpaired) electrons. The van der Waals surface area contributed by atoms with Crippen molar-refractivity contribution >= 4 is 38.4 Å². The van der Waals surface area contributed by atoms with Crippen molar-refractivity contribution < 1.29 is 17.9 Å². The second-order valence-corrected chi connectivity index (χ2v) is 8.71. The summed E-state index contributed by atoms with van der Waals surface area (Å²) in [7, 11) is -0.757. The Balaban J connectivity index is 1.84. The van der Waals surface area contributed by atoms with E-state index in [2.05, 4.69) is 20.0 Å². The summed E-state index contributed by atoms with van der Waals surface area (Å²) in [6.45, 7) is 1.95. The van der Waals surface area contributed by atoms with E-state index < -0.39 is 10.0 Å². The van der Waals surface area contributed by atoms with Crippen molar-refractivity contribution in [2.75, 3.05) is 24.3 Å². The molecule has 2 N–H and O–H groups in total. The van der Waals surface area contributed by atoms with Crippen LogP contribution in [-0.2, 0) is 10.0 Å². The lowest BCUT2D eigenvalue weighted by atomic mass is 10.2. The maximum Gasteiger partial charge on any atom is 0.263 e. The van der Waals surface area contributed by atoms with Gasteiger partial charge in [0.25, 0.3) is 10.0 Å². The van der Waals surface area contributed by atoms with Crippen molar-refractivity contribution in [3.05, 3.63) is 72.3 Å². The molecule has 0 aliphatic heterocycles. The SMILES string of the molecule is COc1ccc2nc(NS(=O)(=O)c3ccccc3)c(Nc3cc(C)ccc3OC)nc2c1. The van der Waals surface area contributed by atoms with Crippen molar-refractivity contribution in [1.82, 2.24) is 9.97 Å².